The van der Waals surface area contributed by atoms with Crippen LogP contribution in [-0.2, 0) is 0 Å². The van der Waals surface area contributed by atoms with Gasteiger partial charge in [0.2, 0.25) is 0 Å². The van der Waals surface area contributed by atoms with Crippen molar-refractivity contribution >= 4 is 27.6 Å². The van der Waals surface area contributed by atoms with E-state index in [0.717, 1.165) is 22.1 Å². The number of hydrogen-bond acceptors (Lipinski definition) is 5. The Morgan fingerprint density at radius 1 is 1.00 bits per heavy atom. The highest BCUT2D eigenvalue weighted by Crippen LogP contribution is 2.29. The average molecular weight is 370 g/mol. The maximum atomic E-state index is 14.4. The Morgan fingerprint density at radius 2 is 1.89 bits per heavy atom. The summed E-state index contributed by atoms with van der Waals surface area (Å²) in [6.07, 6.45) is 5.11. The van der Waals surface area contributed by atoms with E-state index >= 15 is 0 Å². The van der Waals surface area contributed by atoms with Crippen LogP contribution in [0.2, 0.25) is 0 Å². The fourth-order valence-corrected chi connectivity index (χ4v) is 3.25. The summed E-state index contributed by atoms with van der Waals surface area (Å²) in [5.74, 6) is 0.599. The molecule has 6 nitrogen and oxygen atoms in total. The normalized spacial score (nSPS) is 11.2. The van der Waals surface area contributed by atoms with Gasteiger partial charge in [-0.1, -0.05) is 12.1 Å². The van der Waals surface area contributed by atoms with Crippen molar-refractivity contribution in [3.8, 4) is 17.2 Å². The van der Waals surface area contributed by atoms with Crippen molar-refractivity contribution in [1.82, 2.24) is 24.5 Å². The predicted octanol–water partition coefficient (Wildman–Crippen LogP) is 4.21. The fourth-order valence-electron chi connectivity index (χ4n) is 3.25. The van der Waals surface area contributed by atoms with E-state index in [9.17, 15) is 4.39 Å². The average Bonchev–Trinajstić information content (AvgIpc) is 3.17. The molecule has 0 saturated heterocycles. The summed E-state index contributed by atoms with van der Waals surface area (Å²) < 4.78 is 16.3. The molecule has 0 atom stereocenters. The fraction of sp³-hybridized carbons (Fsp3) is 0.0476. The van der Waals surface area contributed by atoms with E-state index in [-0.39, 0.29) is 5.82 Å². The topological polar surface area (TPSA) is 68.5 Å². The minimum atomic E-state index is -0.364. The molecule has 0 fully saturated rings. The monoisotopic (exact) mass is 370 g/mol. The van der Waals surface area contributed by atoms with Gasteiger partial charge in [0.1, 0.15) is 23.5 Å². The SMILES string of the molecule is CNc1ccc2c(-n3cnc4cnccc43)nc(-c3ccccc3F)nc2c1. The maximum absolute atomic E-state index is 14.4. The Labute approximate surface area is 159 Å². The van der Waals surface area contributed by atoms with E-state index in [0.29, 0.717) is 22.7 Å². The predicted molar refractivity (Wildman–Crippen MR) is 107 cm³/mol. The van der Waals surface area contributed by atoms with Crippen LogP contribution in [0.5, 0.6) is 0 Å². The largest absolute Gasteiger partial charge is 0.388 e. The molecule has 5 rings (SSSR count). The van der Waals surface area contributed by atoms with Crippen LogP contribution >= 0.6 is 0 Å². The van der Waals surface area contributed by atoms with Gasteiger partial charge >= 0.3 is 0 Å². The van der Waals surface area contributed by atoms with Crippen molar-refractivity contribution in [3.05, 3.63) is 73.1 Å². The van der Waals surface area contributed by atoms with Crippen LogP contribution in [0.3, 0.4) is 0 Å². The van der Waals surface area contributed by atoms with Gasteiger partial charge in [0.15, 0.2) is 5.82 Å². The number of fused-ring (bicyclic) bond motifs is 2. The van der Waals surface area contributed by atoms with E-state index in [2.05, 4.69) is 20.3 Å². The molecule has 3 heterocycles. The molecule has 136 valence electrons. The molecule has 0 saturated carbocycles. The zero-order valence-corrected chi connectivity index (χ0v) is 15.0. The second-order valence-electron chi connectivity index (χ2n) is 6.31. The molecule has 28 heavy (non-hydrogen) atoms. The third kappa shape index (κ3) is 2.56. The molecule has 0 spiro atoms. The molecular weight excluding hydrogens is 355 g/mol. The highest BCUT2D eigenvalue weighted by molar-refractivity contribution is 5.91. The van der Waals surface area contributed by atoms with Crippen LogP contribution in [-0.4, -0.2) is 31.6 Å². The first-order valence-electron chi connectivity index (χ1n) is 8.76. The summed E-state index contributed by atoms with van der Waals surface area (Å²) in [6.45, 7) is 0. The number of nitrogens with one attached hydrogen (secondary N) is 1. The Bertz CT molecular complexity index is 1330. The zero-order chi connectivity index (χ0) is 19.1. The number of imidazole rings is 1. The van der Waals surface area contributed by atoms with Gasteiger partial charge in [0.05, 0.1) is 22.8 Å². The molecule has 0 radical (unpaired) electrons. The van der Waals surface area contributed by atoms with E-state index in [4.69, 9.17) is 4.98 Å². The van der Waals surface area contributed by atoms with Crippen molar-refractivity contribution in [1.29, 1.82) is 0 Å². The molecule has 3 aromatic heterocycles. The standard InChI is InChI=1S/C21H15FN6/c1-23-13-6-7-15-17(10-13)26-20(14-4-2-3-5-16(14)22)27-21(15)28-12-25-18-11-24-9-8-19(18)28/h2-12,23H,1H3. The first-order valence-corrected chi connectivity index (χ1v) is 8.76. The number of benzene rings is 2. The van der Waals surface area contributed by atoms with Gasteiger partial charge in [-0.15, -0.1) is 0 Å². The maximum Gasteiger partial charge on any atom is 0.165 e. The number of anilines is 1. The van der Waals surface area contributed by atoms with E-state index in [1.807, 2.05) is 35.9 Å². The van der Waals surface area contributed by atoms with Crippen LogP contribution in [0.1, 0.15) is 0 Å². The summed E-state index contributed by atoms with van der Waals surface area (Å²) >= 11 is 0. The van der Waals surface area contributed by atoms with E-state index in [1.54, 1.807) is 36.9 Å². The van der Waals surface area contributed by atoms with Gasteiger partial charge in [-0.2, -0.15) is 0 Å². The molecule has 2 aromatic carbocycles. The van der Waals surface area contributed by atoms with Gasteiger partial charge in [0.25, 0.3) is 0 Å². The first-order chi connectivity index (χ1) is 13.7. The third-order valence-corrected chi connectivity index (χ3v) is 4.66. The molecule has 0 amide bonds. The van der Waals surface area contributed by atoms with Crippen LogP contribution in [0, 0.1) is 5.82 Å². The van der Waals surface area contributed by atoms with Gasteiger partial charge in [-0.05, 0) is 36.4 Å². The second kappa shape index (κ2) is 6.38. The summed E-state index contributed by atoms with van der Waals surface area (Å²) in [5.41, 5.74) is 3.61. The molecular formula is C21H15FN6. The smallest absolute Gasteiger partial charge is 0.165 e. The molecule has 1 N–H and O–H groups in total. The molecule has 0 bridgehead atoms. The molecule has 0 aliphatic heterocycles. The summed E-state index contributed by atoms with van der Waals surface area (Å²) in [6, 6.07) is 14.2. The number of aromatic nitrogens is 5. The lowest BCUT2D eigenvalue weighted by Crippen LogP contribution is -2.03. The summed E-state index contributed by atoms with van der Waals surface area (Å²) in [4.78, 5) is 17.9. The number of nitrogens with zero attached hydrogens (tertiary/aromatic N) is 5. The number of pyridine rings is 1. The Morgan fingerprint density at radius 3 is 2.75 bits per heavy atom. The second-order valence-corrected chi connectivity index (χ2v) is 6.31. The molecule has 5 aromatic rings. The van der Waals surface area contributed by atoms with Crippen molar-refractivity contribution in [2.45, 2.75) is 0 Å². The Balaban J connectivity index is 1.85. The van der Waals surface area contributed by atoms with Crippen LogP contribution in [0.15, 0.2) is 67.3 Å². The molecule has 7 heteroatoms. The summed E-state index contributed by atoms with van der Waals surface area (Å²) in [5, 5.41) is 3.95. The highest BCUT2D eigenvalue weighted by Gasteiger charge is 2.16. The number of halogens is 1. The Hall–Kier alpha value is -3.87. The van der Waals surface area contributed by atoms with Gasteiger partial charge in [-0.25, -0.2) is 19.3 Å². The van der Waals surface area contributed by atoms with Crippen LogP contribution in [0.25, 0.3) is 39.1 Å². The lowest BCUT2D eigenvalue weighted by molar-refractivity contribution is 0.630. The third-order valence-electron chi connectivity index (χ3n) is 4.66. The quantitative estimate of drug-likeness (QED) is 0.515. The van der Waals surface area contributed by atoms with E-state index in [1.165, 1.54) is 6.07 Å². The van der Waals surface area contributed by atoms with Gasteiger partial charge in [0, 0.05) is 24.3 Å². The molecule has 0 aliphatic carbocycles. The Kier molecular flexibility index (Phi) is 3.72. The van der Waals surface area contributed by atoms with Crippen molar-refractivity contribution in [2.24, 2.45) is 0 Å². The molecule has 0 aliphatic rings. The van der Waals surface area contributed by atoms with Crippen molar-refractivity contribution in [3.63, 3.8) is 0 Å². The zero-order valence-electron chi connectivity index (χ0n) is 15.0. The molecule has 0 unspecified atom stereocenters. The first kappa shape index (κ1) is 16.3. The number of rotatable bonds is 3. The lowest BCUT2D eigenvalue weighted by Gasteiger charge is -2.12. The summed E-state index contributed by atoms with van der Waals surface area (Å²) in [7, 11) is 1.84. The van der Waals surface area contributed by atoms with Crippen LogP contribution in [0.4, 0.5) is 10.1 Å². The lowest BCUT2D eigenvalue weighted by atomic mass is 10.1. The van der Waals surface area contributed by atoms with Gasteiger partial charge < -0.3 is 5.32 Å². The van der Waals surface area contributed by atoms with Crippen molar-refractivity contribution in [2.75, 3.05) is 12.4 Å². The highest BCUT2D eigenvalue weighted by atomic mass is 19.1. The van der Waals surface area contributed by atoms with Gasteiger partial charge in [-0.3, -0.25) is 9.55 Å². The van der Waals surface area contributed by atoms with E-state index < -0.39 is 0 Å². The minimum Gasteiger partial charge on any atom is -0.388 e. The minimum absolute atomic E-state index is 0.324. The van der Waals surface area contributed by atoms with Crippen molar-refractivity contribution < 1.29 is 4.39 Å². The van der Waals surface area contributed by atoms with Crippen LogP contribution < -0.4 is 5.32 Å². The number of hydrogen-bond donors (Lipinski definition) is 1.